The zero-order chi connectivity index (χ0) is 19.3. The molecule has 0 amide bonds. The summed E-state index contributed by atoms with van der Waals surface area (Å²) in [6.45, 7) is 4.09. The zero-order valence-corrected chi connectivity index (χ0v) is 14.3. The summed E-state index contributed by atoms with van der Waals surface area (Å²) in [5, 5.41) is 0. The normalized spacial score (nSPS) is 11.4. The van der Waals surface area contributed by atoms with Crippen molar-refractivity contribution < 1.29 is 32.5 Å². The number of benzene rings is 1. The highest BCUT2D eigenvalue weighted by Crippen LogP contribution is 2.28. The molecule has 0 bridgehead atoms. The molecule has 3 N–H and O–H groups in total. The van der Waals surface area contributed by atoms with Crippen molar-refractivity contribution in [1.29, 1.82) is 0 Å². The summed E-state index contributed by atoms with van der Waals surface area (Å²) >= 11 is 0. The summed E-state index contributed by atoms with van der Waals surface area (Å²) < 4.78 is 49.2. The molecule has 0 aliphatic heterocycles. The summed E-state index contributed by atoms with van der Waals surface area (Å²) in [5.41, 5.74) is 5.86. The molecule has 2 rings (SSSR count). The number of hydrogen-bond donors (Lipinski definition) is 1. The summed E-state index contributed by atoms with van der Waals surface area (Å²) in [5.74, 6) is 0.515. The maximum atomic E-state index is 9.75. The van der Waals surface area contributed by atoms with Gasteiger partial charge < -0.3 is 32.5 Å². The molecule has 0 spiro atoms. The maximum absolute atomic E-state index is 9.75. The van der Waals surface area contributed by atoms with Gasteiger partial charge in [-0.25, -0.2) is 0 Å². The van der Waals surface area contributed by atoms with Crippen LogP contribution in [0.15, 0.2) is 24.3 Å². The van der Waals surface area contributed by atoms with Gasteiger partial charge >= 0.3 is 19.3 Å². The van der Waals surface area contributed by atoms with Gasteiger partial charge in [-0.15, -0.1) is 4.98 Å². The Balaban J connectivity index is 0.000000550. The van der Waals surface area contributed by atoms with Crippen LogP contribution in [-0.2, 0) is 5.54 Å². The molecule has 6 nitrogen and oxygen atoms in total. The van der Waals surface area contributed by atoms with E-state index in [9.17, 15) is 17.3 Å². The van der Waals surface area contributed by atoms with Crippen molar-refractivity contribution in [3.8, 4) is 23.4 Å². The molecule has 1 aromatic carbocycles. The standard InChI is InChI=1S/C14H18N4O2.BF4/c1-14(2,15)10-8-6-5-7-9(10)11-16-12(19-3)18-13(17-11)20-4;2-1(3,4)5/h5-8H,15H2,1-4H3;/q;-1/p+1. The number of aromatic nitrogens is 3. The van der Waals surface area contributed by atoms with Gasteiger partial charge in [0.2, 0.25) is 0 Å². The molecule has 1 heterocycles. The lowest BCUT2D eigenvalue weighted by Gasteiger charge is -2.19. The van der Waals surface area contributed by atoms with E-state index in [1.165, 1.54) is 14.2 Å². The topological polar surface area (TPSA) is 84.8 Å². The molecule has 0 atom stereocenters. The molecule has 0 saturated heterocycles. The van der Waals surface area contributed by atoms with E-state index in [0.29, 0.717) is 5.82 Å². The molecule has 0 aliphatic rings. The molecule has 0 aliphatic carbocycles. The summed E-state index contributed by atoms with van der Waals surface area (Å²) in [7, 11) is -2.98. The molecule has 1 aromatic heterocycles. The Morgan fingerprint density at radius 2 is 1.36 bits per heavy atom. The first-order chi connectivity index (χ1) is 11.5. The molecule has 25 heavy (non-hydrogen) atoms. The van der Waals surface area contributed by atoms with Crippen LogP contribution in [-0.4, -0.2) is 36.4 Å². The van der Waals surface area contributed by atoms with Crippen LogP contribution in [0.4, 0.5) is 17.3 Å². The van der Waals surface area contributed by atoms with Gasteiger partial charge in [-0.2, -0.15) is 9.97 Å². The minimum Gasteiger partial charge on any atom is -0.467 e. The second kappa shape index (κ2) is 8.10. The molecular formula is C14H19BF4N4O2. The van der Waals surface area contributed by atoms with E-state index in [0.717, 1.165) is 11.1 Å². The molecular weight excluding hydrogens is 343 g/mol. The predicted octanol–water partition coefficient (Wildman–Crippen LogP) is 2.33. The first-order valence-electron chi connectivity index (χ1n) is 7.12. The maximum Gasteiger partial charge on any atom is 0.673 e. The van der Waals surface area contributed by atoms with Gasteiger partial charge in [0.1, 0.15) is 5.54 Å². The zero-order valence-electron chi connectivity index (χ0n) is 14.3. The fourth-order valence-corrected chi connectivity index (χ4v) is 1.91. The van der Waals surface area contributed by atoms with Crippen LogP contribution in [0, 0.1) is 0 Å². The van der Waals surface area contributed by atoms with E-state index < -0.39 is 7.25 Å². The fraction of sp³-hybridized carbons (Fsp3) is 0.357. The van der Waals surface area contributed by atoms with Crippen LogP contribution in [0.2, 0.25) is 0 Å². The smallest absolute Gasteiger partial charge is 0.467 e. The van der Waals surface area contributed by atoms with E-state index in [4.69, 9.17) is 9.47 Å². The minimum absolute atomic E-state index is 0.225. The predicted molar refractivity (Wildman–Crippen MR) is 84.5 cm³/mol. The van der Waals surface area contributed by atoms with Crippen molar-refractivity contribution in [3.05, 3.63) is 29.8 Å². The Hall–Kier alpha value is -2.43. The Morgan fingerprint density at radius 1 is 0.920 bits per heavy atom. The molecule has 0 unspecified atom stereocenters. The van der Waals surface area contributed by atoms with E-state index >= 15 is 0 Å². The number of ether oxygens (including phenoxy) is 2. The SMILES string of the molecule is COc1nc(OC)nc(-c2ccccc2C(C)(C)[NH3+])n1.F[B-](F)(F)F. The number of quaternary nitrogens is 1. The summed E-state index contributed by atoms with van der Waals surface area (Å²) in [6, 6.07) is 8.34. The van der Waals surface area contributed by atoms with Gasteiger partial charge in [-0.3, -0.25) is 0 Å². The van der Waals surface area contributed by atoms with Gasteiger partial charge in [0.15, 0.2) is 5.82 Å². The van der Waals surface area contributed by atoms with Crippen LogP contribution in [0.1, 0.15) is 19.4 Å². The number of nitrogens with zero attached hydrogens (tertiary/aromatic N) is 3. The van der Waals surface area contributed by atoms with Crippen molar-refractivity contribution in [2.45, 2.75) is 19.4 Å². The van der Waals surface area contributed by atoms with Gasteiger partial charge in [-0.1, -0.05) is 24.3 Å². The largest absolute Gasteiger partial charge is 0.673 e. The average molecular weight is 362 g/mol. The van der Waals surface area contributed by atoms with Crippen LogP contribution >= 0.6 is 0 Å². The molecule has 11 heteroatoms. The van der Waals surface area contributed by atoms with Crippen molar-refractivity contribution in [2.75, 3.05) is 14.2 Å². The molecule has 2 aromatic rings. The Labute approximate surface area is 142 Å². The quantitative estimate of drug-likeness (QED) is 0.667. The molecule has 0 radical (unpaired) electrons. The highest BCUT2D eigenvalue weighted by molar-refractivity contribution is 6.50. The fourth-order valence-electron chi connectivity index (χ4n) is 1.91. The summed E-state index contributed by atoms with van der Waals surface area (Å²) in [4.78, 5) is 12.6. The Kier molecular flexibility index (Phi) is 6.68. The second-order valence-electron chi connectivity index (χ2n) is 5.56. The van der Waals surface area contributed by atoms with Gasteiger partial charge in [-0.05, 0) is 13.8 Å². The third kappa shape index (κ3) is 6.92. The number of halogens is 4. The van der Waals surface area contributed by atoms with E-state index in [-0.39, 0.29) is 17.6 Å². The van der Waals surface area contributed by atoms with Crippen molar-refractivity contribution in [3.63, 3.8) is 0 Å². The van der Waals surface area contributed by atoms with Crippen LogP contribution in [0.3, 0.4) is 0 Å². The molecule has 0 fully saturated rings. The number of rotatable bonds is 4. The lowest BCUT2D eigenvalue weighted by molar-refractivity contribution is -0.474. The Morgan fingerprint density at radius 3 is 1.76 bits per heavy atom. The Bertz CT molecular complexity index is 680. The van der Waals surface area contributed by atoms with E-state index in [1.807, 2.05) is 38.1 Å². The lowest BCUT2D eigenvalue weighted by atomic mass is 9.90. The average Bonchev–Trinajstić information content (AvgIpc) is 2.52. The minimum atomic E-state index is -6.00. The first kappa shape index (κ1) is 20.6. The van der Waals surface area contributed by atoms with E-state index in [2.05, 4.69) is 20.7 Å². The van der Waals surface area contributed by atoms with E-state index in [1.54, 1.807) is 0 Å². The molecule has 0 saturated carbocycles. The number of methoxy groups -OCH3 is 2. The highest BCUT2D eigenvalue weighted by Gasteiger charge is 2.24. The molecule has 138 valence electrons. The van der Waals surface area contributed by atoms with Gasteiger partial charge in [0, 0.05) is 11.1 Å². The lowest BCUT2D eigenvalue weighted by Crippen LogP contribution is -2.66. The third-order valence-corrected chi connectivity index (χ3v) is 2.86. The van der Waals surface area contributed by atoms with Crippen molar-refractivity contribution in [1.82, 2.24) is 15.0 Å². The second-order valence-corrected chi connectivity index (χ2v) is 5.56. The van der Waals surface area contributed by atoms with Crippen LogP contribution in [0.5, 0.6) is 12.0 Å². The monoisotopic (exact) mass is 362 g/mol. The van der Waals surface area contributed by atoms with Gasteiger partial charge in [0.25, 0.3) is 0 Å². The van der Waals surface area contributed by atoms with Crippen molar-refractivity contribution in [2.24, 2.45) is 0 Å². The van der Waals surface area contributed by atoms with Crippen LogP contribution in [0.25, 0.3) is 11.4 Å². The van der Waals surface area contributed by atoms with Crippen molar-refractivity contribution >= 4 is 7.25 Å². The summed E-state index contributed by atoms with van der Waals surface area (Å²) in [6.07, 6.45) is 0. The van der Waals surface area contributed by atoms with Gasteiger partial charge in [0.05, 0.1) is 14.2 Å². The highest BCUT2D eigenvalue weighted by atomic mass is 19.5. The first-order valence-corrected chi connectivity index (χ1v) is 7.12. The number of hydrogen-bond acceptors (Lipinski definition) is 5. The van der Waals surface area contributed by atoms with Crippen LogP contribution < -0.4 is 15.2 Å². The third-order valence-electron chi connectivity index (χ3n) is 2.86.